The molecule has 0 unspecified atom stereocenters. The predicted octanol–water partition coefficient (Wildman–Crippen LogP) is 4.28. The van der Waals surface area contributed by atoms with E-state index in [1.165, 1.54) is 0 Å². The Balaban J connectivity index is 1.52. The normalized spacial score (nSPS) is 16.6. The van der Waals surface area contributed by atoms with Crippen molar-refractivity contribution in [3.05, 3.63) is 95.6 Å². The third kappa shape index (κ3) is 4.67. The second kappa shape index (κ2) is 8.25. The average molecular weight is 362 g/mol. The Morgan fingerprint density at radius 2 is 1.37 bits per heavy atom. The van der Waals surface area contributed by atoms with Crippen LogP contribution in [-0.2, 0) is 18.0 Å². The second-order valence-corrected chi connectivity index (χ2v) is 6.57. The van der Waals surface area contributed by atoms with Crippen LogP contribution in [0.25, 0.3) is 0 Å². The Morgan fingerprint density at radius 1 is 0.815 bits per heavy atom. The zero-order chi connectivity index (χ0) is 18.5. The topological polar surface area (TPSA) is 51.2 Å². The van der Waals surface area contributed by atoms with Gasteiger partial charge >= 0.3 is 0 Å². The van der Waals surface area contributed by atoms with Crippen molar-refractivity contribution >= 4 is 0 Å². The summed E-state index contributed by atoms with van der Waals surface area (Å²) in [7, 11) is 0. The van der Waals surface area contributed by atoms with E-state index < -0.39 is 6.10 Å². The van der Waals surface area contributed by atoms with Crippen molar-refractivity contribution in [3.8, 4) is 11.5 Å². The van der Waals surface area contributed by atoms with E-state index in [0.717, 1.165) is 16.7 Å². The molecule has 0 amide bonds. The summed E-state index contributed by atoms with van der Waals surface area (Å²) in [6.45, 7) is 1.48. The molecule has 1 heterocycles. The molecule has 1 N–H and O–H groups in total. The van der Waals surface area contributed by atoms with Gasteiger partial charge in [0.05, 0.1) is 6.61 Å². The highest BCUT2D eigenvalue weighted by atomic mass is 16.6. The smallest absolute Gasteiger partial charge is 0.162 e. The first-order chi connectivity index (χ1) is 13.3. The van der Waals surface area contributed by atoms with Gasteiger partial charge in [0.1, 0.15) is 25.4 Å². The minimum absolute atomic E-state index is 0.122. The number of benzene rings is 3. The van der Waals surface area contributed by atoms with Gasteiger partial charge in [-0.2, -0.15) is 0 Å². The average Bonchev–Trinajstić information content (AvgIpc) is 3.57. The third-order valence-electron chi connectivity index (χ3n) is 4.49. The Kier molecular flexibility index (Phi) is 5.37. The second-order valence-electron chi connectivity index (χ2n) is 6.57. The molecule has 0 radical (unpaired) electrons. The molecule has 0 spiro atoms. The zero-order valence-electron chi connectivity index (χ0n) is 15.0. The Bertz CT molecular complexity index is 860. The molecular formula is C23H22O4. The van der Waals surface area contributed by atoms with Crippen LogP contribution in [0.4, 0.5) is 0 Å². The number of aliphatic hydroxyl groups excluding tert-OH is 1. The molecule has 1 saturated heterocycles. The van der Waals surface area contributed by atoms with Gasteiger partial charge in [0.15, 0.2) is 11.5 Å². The first-order valence-corrected chi connectivity index (χ1v) is 9.06. The van der Waals surface area contributed by atoms with E-state index in [1.54, 1.807) is 0 Å². The van der Waals surface area contributed by atoms with E-state index >= 15 is 0 Å². The first kappa shape index (κ1) is 17.6. The van der Waals surface area contributed by atoms with Crippen molar-refractivity contribution in [2.24, 2.45) is 0 Å². The molecule has 4 rings (SSSR count). The highest BCUT2D eigenvalue weighted by molar-refractivity contribution is 5.44. The molecule has 1 fully saturated rings. The maximum Gasteiger partial charge on any atom is 0.162 e. The lowest BCUT2D eigenvalue weighted by atomic mass is 10.1. The van der Waals surface area contributed by atoms with E-state index in [9.17, 15) is 5.11 Å². The van der Waals surface area contributed by atoms with Crippen molar-refractivity contribution < 1.29 is 19.3 Å². The lowest BCUT2D eigenvalue weighted by Gasteiger charge is -2.16. The van der Waals surface area contributed by atoms with Crippen LogP contribution in [0.1, 0.15) is 22.8 Å². The van der Waals surface area contributed by atoms with Crippen molar-refractivity contribution in [3.63, 3.8) is 0 Å². The molecule has 0 aromatic heterocycles. The SMILES string of the molecule is O[C@@H](c1ccc(OCc2ccccc2)c(OCc2ccccc2)c1)[C@@H]1CO1. The van der Waals surface area contributed by atoms with Gasteiger partial charge in [0, 0.05) is 0 Å². The van der Waals surface area contributed by atoms with Gasteiger partial charge in [-0.3, -0.25) is 0 Å². The molecule has 138 valence electrons. The van der Waals surface area contributed by atoms with Crippen LogP contribution < -0.4 is 9.47 Å². The quantitative estimate of drug-likeness (QED) is 0.608. The van der Waals surface area contributed by atoms with E-state index in [-0.39, 0.29) is 6.10 Å². The van der Waals surface area contributed by atoms with E-state index in [2.05, 4.69) is 0 Å². The molecule has 3 aromatic carbocycles. The van der Waals surface area contributed by atoms with Gasteiger partial charge < -0.3 is 19.3 Å². The number of ether oxygens (including phenoxy) is 3. The fourth-order valence-electron chi connectivity index (χ4n) is 2.86. The molecule has 1 aliphatic rings. The summed E-state index contributed by atoms with van der Waals surface area (Å²) in [6.07, 6.45) is -0.768. The van der Waals surface area contributed by atoms with Gasteiger partial charge in [-0.1, -0.05) is 66.7 Å². The van der Waals surface area contributed by atoms with Gasteiger partial charge in [-0.05, 0) is 28.8 Å². The van der Waals surface area contributed by atoms with Crippen molar-refractivity contribution in [2.45, 2.75) is 25.4 Å². The van der Waals surface area contributed by atoms with Crippen LogP contribution in [-0.4, -0.2) is 17.8 Å². The first-order valence-electron chi connectivity index (χ1n) is 9.06. The molecule has 1 aliphatic heterocycles. The summed E-state index contributed by atoms with van der Waals surface area (Å²) in [4.78, 5) is 0. The third-order valence-corrected chi connectivity index (χ3v) is 4.49. The van der Waals surface area contributed by atoms with Crippen LogP contribution in [0.5, 0.6) is 11.5 Å². The maximum absolute atomic E-state index is 10.3. The fraction of sp³-hybridized carbons (Fsp3) is 0.217. The van der Waals surface area contributed by atoms with Gasteiger partial charge in [0.2, 0.25) is 0 Å². The number of rotatable bonds is 8. The largest absolute Gasteiger partial charge is 0.485 e. The number of aliphatic hydroxyl groups is 1. The summed E-state index contributed by atoms with van der Waals surface area (Å²) >= 11 is 0. The van der Waals surface area contributed by atoms with Gasteiger partial charge in [0.25, 0.3) is 0 Å². The van der Waals surface area contributed by atoms with Crippen molar-refractivity contribution in [1.82, 2.24) is 0 Å². The molecule has 0 saturated carbocycles. The monoisotopic (exact) mass is 362 g/mol. The number of hydrogen-bond donors (Lipinski definition) is 1. The van der Waals surface area contributed by atoms with Crippen molar-refractivity contribution in [1.29, 1.82) is 0 Å². The summed E-state index contributed by atoms with van der Waals surface area (Å²) in [5.41, 5.74) is 2.93. The maximum atomic E-state index is 10.3. The summed E-state index contributed by atoms with van der Waals surface area (Å²) in [5, 5.41) is 10.3. The van der Waals surface area contributed by atoms with Crippen LogP contribution in [0, 0.1) is 0 Å². The number of epoxide rings is 1. The van der Waals surface area contributed by atoms with Crippen LogP contribution >= 0.6 is 0 Å². The minimum atomic E-state index is -0.646. The minimum Gasteiger partial charge on any atom is -0.485 e. The fourth-order valence-corrected chi connectivity index (χ4v) is 2.86. The highest BCUT2D eigenvalue weighted by Crippen LogP contribution is 2.35. The van der Waals surface area contributed by atoms with Crippen LogP contribution in [0.2, 0.25) is 0 Å². The summed E-state index contributed by atoms with van der Waals surface area (Å²) < 4.78 is 17.2. The molecular weight excluding hydrogens is 340 g/mol. The predicted molar refractivity (Wildman–Crippen MR) is 103 cm³/mol. The summed E-state index contributed by atoms with van der Waals surface area (Å²) in [5.74, 6) is 1.27. The molecule has 4 heteroatoms. The van der Waals surface area contributed by atoms with Gasteiger partial charge in [-0.15, -0.1) is 0 Å². The van der Waals surface area contributed by atoms with E-state index in [0.29, 0.717) is 31.3 Å². The lowest BCUT2D eigenvalue weighted by Crippen LogP contribution is -2.06. The molecule has 0 bridgehead atoms. The van der Waals surface area contributed by atoms with Crippen LogP contribution in [0.15, 0.2) is 78.9 Å². The van der Waals surface area contributed by atoms with Crippen LogP contribution in [0.3, 0.4) is 0 Å². The standard InChI is InChI=1S/C23H22O4/c24-23(22-16-27-22)19-11-12-20(25-14-17-7-3-1-4-8-17)21(13-19)26-15-18-9-5-2-6-10-18/h1-13,22-24H,14-16H2/t22-,23-/m0/s1. The summed E-state index contributed by atoms with van der Waals surface area (Å²) in [6, 6.07) is 25.5. The van der Waals surface area contributed by atoms with E-state index in [1.807, 2.05) is 78.9 Å². The molecule has 27 heavy (non-hydrogen) atoms. The highest BCUT2D eigenvalue weighted by Gasteiger charge is 2.32. The number of hydrogen-bond acceptors (Lipinski definition) is 4. The van der Waals surface area contributed by atoms with Crippen molar-refractivity contribution in [2.75, 3.05) is 6.61 Å². The Hall–Kier alpha value is -2.82. The lowest BCUT2D eigenvalue weighted by molar-refractivity contribution is 0.136. The molecule has 0 aliphatic carbocycles. The molecule has 3 aromatic rings. The van der Waals surface area contributed by atoms with Gasteiger partial charge in [-0.25, -0.2) is 0 Å². The zero-order valence-corrected chi connectivity index (χ0v) is 15.0. The Morgan fingerprint density at radius 3 is 1.93 bits per heavy atom. The molecule has 4 nitrogen and oxygen atoms in total. The van der Waals surface area contributed by atoms with E-state index in [4.69, 9.17) is 14.2 Å². The Labute approximate surface area is 158 Å². The molecule has 2 atom stereocenters.